The van der Waals surface area contributed by atoms with Crippen LogP contribution in [0.3, 0.4) is 0 Å². The van der Waals surface area contributed by atoms with Crippen molar-refractivity contribution in [3.05, 3.63) is 82.5 Å². The van der Waals surface area contributed by atoms with Crippen LogP contribution in [0.2, 0.25) is 5.02 Å². The SMILES string of the molecule is COC(=O)CN(Cc1ccc(Cl)cc1)C(=O)c1cc(-c2ccccc2)nc2c1c(C)nn2C. The number of aryl methyl sites for hydroxylation is 2. The second-order valence-corrected chi connectivity index (χ2v) is 8.13. The van der Waals surface area contributed by atoms with Gasteiger partial charge in [0.15, 0.2) is 5.65 Å². The minimum absolute atomic E-state index is 0.193. The lowest BCUT2D eigenvalue weighted by Crippen LogP contribution is -2.36. The van der Waals surface area contributed by atoms with E-state index in [4.69, 9.17) is 21.3 Å². The number of esters is 1. The highest BCUT2D eigenvalue weighted by Gasteiger charge is 2.25. The quantitative estimate of drug-likeness (QED) is 0.396. The Morgan fingerprint density at radius 1 is 1.09 bits per heavy atom. The van der Waals surface area contributed by atoms with Gasteiger partial charge in [0, 0.05) is 24.2 Å². The van der Waals surface area contributed by atoms with Gasteiger partial charge in [0.1, 0.15) is 6.54 Å². The molecular formula is C25H23ClN4O3. The van der Waals surface area contributed by atoms with Crippen LogP contribution in [0.4, 0.5) is 0 Å². The van der Waals surface area contributed by atoms with Crippen molar-refractivity contribution < 1.29 is 14.3 Å². The smallest absolute Gasteiger partial charge is 0.325 e. The van der Waals surface area contributed by atoms with Crippen LogP contribution >= 0.6 is 11.6 Å². The molecule has 0 atom stereocenters. The molecule has 0 saturated heterocycles. The number of fused-ring (bicyclic) bond motifs is 1. The minimum Gasteiger partial charge on any atom is -0.468 e. The number of methoxy groups -OCH3 is 1. The van der Waals surface area contributed by atoms with Crippen molar-refractivity contribution in [1.29, 1.82) is 0 Å². The van der Waals surface area contributed by atoms with Crippen molar-refractivity contribution in [2.45, 2.75) is 13.5 Å². The Kier molecular flexibility index (Phi) is 6.42. The second-order valence-electron chi connectivity index (χ2n) is 7.69. The lowest BCUT2D eigenvalue weighted by Gasteiger charge is -2.22. The molecule has 0 N–H and O–H groups in total. The Balaban J connectivity index is 1.83. The van der Waals surface area contributed by atoms with Crippen molar-refractivity contribution >= 4 is 34.5 Å². The van der Waals surface area contributed by atoms with Gasteiger partial charge in [-0.05, 0) is 30.7 Å². The third-order valence-electron chi connectivity index (χ3n) is 5.39. The first-order valence-electron chi connectivity index (χ1n) is 10.4. The Bertz CT molecular complexity index is 1320. The summed E-state index contributed by atoms with van der Waals surface area (Å²) in [7, 11) is 3.10. The van der Waals surface area contributed by atoms with Crippen molar-refractivity contribution in [3.63, 3.8) is 0 Å². The zero-order valence-electron chi connectivity index (χ0n) is 18.6. The molecule has 0 fully saturated rings. The zero-order chi connectivity index (χ0) is 23.5. The number of aromatic nitrogens is 3. The second kappa shape index (κ2) is 9.42. The Hall–Kier alpha value is -3.71. The van der Waals surface area contributed by atoms with Crippen molar-refractivity contribution in [3.8, 4) is 11.3 Å². The molecule has 0 unspecified atom stereocenters. The van der Waals surface area contributed by atoms with E-state index in [1.165, 1.54) is 12.0 Å². The van der Waals surface area contributed by atoms with Crippen LogP contribution in [0.1, 0.15) is 21.6 Å². The largest absolute Gasteiger partial charge is 0.468 e. The molecule has 4 rings (SSSR count). The minimum atomic E-state index is -0.506. The molecule has 0 saturated carbocycles. The number of hydrogen-bond donors (Lipinski definition) is 0. The highest BCUT2D eigenvalue weighted by Crippen LogP contribution is 2.28. The first-order chi connectivity index (χ1) is 15.9. The average molecular weight is 463 g/mol. The van der Waals surface area contributed by atoms with Gasteiger partial charge < -0.3 is 9.64 Å². The number of benzene rings is 2. The first-order valence-corrected chi connectivity index (χ1v) is 10.8. The Labute approximate surface area is 196 Å². The standard InChI is InChI=1S/C25H23ClN4O3/c1-16-23-20(13-21(18-7-5-4-6-8-18)27-24(23)29(2)28-16)25(32)30(15-22(31)33-3)14-17-9-11-19(26)12-10-17/h4-13H,14-15H2,1-3H3. The third kappa shape index (κ3) is 4.73. The number of rotatable bonds is 6. The van der Waals surface area contributed by atoms with Crippen LogP contribution < -0.4 is 0 Å². The average Bonchev–Trinajstić information content (AvgIpc) is 3.12. The molecule has 2 aromatic carbocycles. The maximum atomic E-state index is 13.9. The van der Waals surface area contributed by atoms with Crippen LogP contribution in [0.25, 0.3) is 22.3 Å². The van der Waals surface area contributed by atoms with Crippen LogP contribution in [-0.4, -0.2) is 45.2 Å². The van der Waals surface area contributed by atoms with E-state index in [1.807, 2.05) is 49.4 Å². The molecule has 0 aliphatic heterocycles. The van der Waals surface area contributed by atoms with E-state index in [0.717, 1.165) is 11.1 Å². The van der Waals surface area contributed by atoms with Crippen molar-refractivity contribution in [1.82, 2.24) is 19.7 Å². The van der Waals surface area contributed by atoms with E-state index < -0.39 is 5.97 Å². The molecule has 0 spiro atoms. The zero-order valence-corrected chi connectivity index (χ0v) is 19.3. The van der Waals surface area contributed by atoms with E-state index in [0.29, 0.717) is 33.0 Å². The van der Waals surface area contributed by atoms with Crippen molar-refractivity contribution in [2.75, 3.05) is 13.7 Å². The Morgan fingerprint density at radius 2 is 1.79 bits per heavy atom. The summed E-state index contributed by atoms with van der Waals surface area (Å²) in [5.74, 6) is -0.815. The van der Waals surface area contributed by atoms with E-state index in [1.54, 1.807) is 29.9 Å². The molecule has 2 aromatic heterocycles. The number of pyridine rings is 1. The molecule has 0 aliphatic rings. The highest BCUT2D eigenvalue weighted by atomic mass is 35.5. The number of carbonyl (C=O) groups is 2. The molecule has 8 heteroatoms. The summed E-state index contributed by atoms with van der Waals surface area (Å²) in [6, 6.07) is 18.6. The number of amides is 1. The molecule has 33 heavy (non-hydrogen) atoms. The molecule has 168 valence electrons. The predicted molar refractivity (Wildman–Crippen MR) is 127 cm³/mol. The van der Waals surface area contributed by atoms with Gasteiger partial charge in [-0.25, -0.2) is 4.98 Å². The first kappa shape index (κ1) is 22.5. The maximum absolute atomic E-state index is 13.9. The number of halogens is 1. The predicted octanol–water partition coefficient (Wildman–Crippen LogP) is 4.41. The summed E-state index contributed by atoms with van der Waals surface area (Å²) in [4.78, 5) is 32.2. The maximum Gasteiger partial charge on any atom is 0.325 e. The van der Waals surface area contributed by atoms with Gasteiger partial charge in [0.25, 0.3) is 5.91 Å². The fourth-order valence-corrected chi connectivity index (χ4v) is 3.90. The summed E-state index contributed by atoms with van der Waals surface area (Å²) >= 11 is 6.00. The van der Waals surface area contributed by atoms with Crippen molar-refractivity contribution in [2.24, 2.45) is 7.05 Å². The van der Waals surface area contributed by atoms with Crippen LogP contribution in [0.5, 0.6) is 0 Å². The topological polar surface area (TPSA) is 77.3 Å². The fourth-order valence-electron chi connectivity index (χ4n) is 3.77. The van der Waals surface area contributed by atoms with Gasteiger partial charge in [-0.2, -0.15) is 5.10 Å². The lowest BCUT2D eigenvalue weighted by molar-refractivity contribution is -0.141. The summed E-state index contributed by atoms with van der Waals surface area (Å²) < 4.78 is 6.51. The molecule has 2 heterocycles. The number of carbonyl (C=O) groups excluding carboxylic acids is 2. The van der Waals surface area contributed by atoms with Gasteiger partial charge in [-0.15, -0.1) is 0 Å². The molecule has 4 aromatic rings. The lowest BCUT2D eigenvalue weighted by atomic mass is 10.0. The molecule has 1 amide bonds. The molecule has 7 nitrogen and oxygen atoms in total. The van der Waals surface area contributed by atoms with Gasteiger partial charge in [-0.3, -0.25) is 14.3 Å². The molecule has 0 aliphatic carbocycles. The summed E-state index contributed by atoms with van der Waals surface area (Å²) in [6.45, 7) is 1.86. The van der Waals surface area contributed by atoms with E-state index in [9.17, 15) is 9.59 Å². The van der Waals surface area contributed by atoms with Crippen LogP contribution in [0, 0.1) is 6.92 Å². The van der Waals surface area contributed by atoms with Crippen LogP contribution in [-0.2, 0) is 23.1 Å². The monoisotopic (exact) mass is 462 g/mol. The summed E-state index contributed by atoms with van der Waals surface area (Å²) in [5, 5.41) is 5.73. The molecular weight excluding hydrogens is 440 g/mol. The highest BCUT2D eigenvalue weighted by molar-refractivity contribution is 6.30. The number of hydrogen-bond acceptors (Lipinski definition) is 5. The van der Waals surface area contributed by atoms with Crippen LogP contribution in [0.15, 0.2) is 60.7 Å². The summed E-state index contributed by atoms with van der Waals surface area (Å²) in [5.41, 5.74) is 4.09. The van der Waals surface area contributed by atoms with Gasteiger partial charge in [0.2, 0.25) is 0 Å². The third-order valence-corrected chi connectivity index (χ3v) is 5.64. The van der Waals surface area contributed by atoms with Gasteiger partial charge >= 0.3 is 5.97 Å². The summed E-state index contributed by atoms with van der Waals surface area (Å²) in [6.07, 6.45) is 0. The van der Waals surface area contributed by atoms with E-state index in [2.05, 4.69) is 5.10 Å². The molecule has 0 radical (unpaired) electrons. The van der Waals surface area contributed by atoms with E-state index in [-0.39, 0.29) is 19.0 Å². The normalized spacial score (nSPS) is 10.9. The van der Waals surface area contributed by atoms with E-state index >= 15 is 0 Å². The number of ether oxygens (including phenoxy) is 1. The van der Waals surface area contributed by atoms with Gasteiger partial charge in [0.05, 0.1) is 29.4 Å². The Morgan fingerprint density at radius 3 is 2.45 bits per heavy atom. The van der Waals surface area contributed by atoms with Gasteiger partial charge in [-0.1, -0.05) is 54.1 Å². The fraction of sp³-hybridized carbons (Fsp3) is 0.200. The molecule has 0 bridgehead atoms. The number of nitrogens with zero attached hydrogens (tertiary/aromatic N) is 4.